The van der Waals surface area contributed by atoms with Crippen LogP contribution in [0.15, 0.2) is 71.5 Å². The van der Waals surface area contributed by atoms with Crippen LogP contribution >= 0.6 is 11.3 Å². The van der Waals surface area contributed by atoms with Crippen LogP contribution in [0.3, 0.4) is 0 Å². The molecule has 0 saturated carbocycles. The van der Waals surface area contributed by atoms with Gasteiger partial charge in [0.05, 0.1) is 23.1 Å². The number of para-hydroxylation sites is 1. The monoisotopic (exact) mass is 464 g/mol. The van der Waals surface area contributed by atoms with Crippen molar-refractivity contribution in [2.45, 2.75) is 58.2 Å². The Morgan fingerprint density at radius 3 is 2.82 bits per heavy atom. The highest BCUT2D eigenvalue weighted by Crippen LogP contribution is 2.44. The molecule has 1 aromatic carbocycles. The topological polar surface area (TPSA) is 64.8 Å². The zero-order valence-corrected chi connectivity index (χ0v) is 20.6. The summed E-state index contributed by atoms with van der Waals surface area (Å²) in [5.41, 5.74) is 14.0. The van der Waals surface area contributed by atoms with E-state index in [1.165, 1.54) is 23.1 Å². The van der Waals surface area contributed by atoms with Crippen molar-refractivity contribution in [2.75, 3.05) is 16.3 Å². The minimum atomic E-state index is -0.129. The van der Waals surface area contributed by atoms with Gasteiger partial charge in [-0.05, 0) is 59.2 Å². The average molecular weight is 465 g/mol. The molecule has 1 saturated heterocycles. The highest BCUT2D eigenvalue weighted by atomic mass is 32.1. The molecule has 5 nitrogen and oxygen atoms in total. The van der Waals surface area contributed by atoms with Gasteiger partial charge in [0.25, 0.3) is 0 Å². The molecule has 0 amide bonds. The van der Waals surface area contributed by atoms with Crippen LogP contribution in [-0.4, -0.2) is 23.7 Å². The van der Waals surface area contributed by atoms with Gasteiger partial charge in [-0.2, -0.15) is 11.3 Å². The lowest BCUT2D eigenvalue weighted by atomic mass is 9.92. The van der Waals surface area contributed by atoms with Crippen LogP contribution in [0.25, 0.3) is 0 Å². The normalized spacial score (nSPS) is 20.4. The summed E-state index contributed by atoms with van der Waals surface area (Å²) >= 11 is 1.69. The Morgan fingerprint density at radius 1 is 1.36 bits per heavy atom. The Labute approximate surface area is 201 Å². The van der Waals surface area contributed by atoms with Crippen molar-refractivity contribution in [1.82, 2.24) is 5.32 Å². The van der Waals surface area contributed by atoms with E-state index in [1.807, 2.05) is 0 Å². The number of hydrogen-bond acceptors (Lipinski definition) is 6. The lowest BCUT2D eigenvalue weighted by Gasteiger charge is -2.41. The maximum atomic E-state index is 10.5. The van der Waals surface area contributed by atoms with Gasteiger partial charge < -0.3 is 26.0 Å². The fourth-order valence-electron chi connectivity index (χ4n) is 4.94. The maximum absolute atomic E-state index is 10.5. The SMILES string of the molecule is C=C(NC1Cc2cccc(N3CCCC3=C)c2N(Cc2ccsc2)C1=CO)[C@H](N)CC(C)C. The third kappa shape index (κ3) is 4.97. The van der Waals surface area contributed by atoms with Gasteiger partial charge >= 0.3 is 0 Å². The largest absolute Gasteiger partial charge is 0.514 e. The van der Waals surface area contributed by atoms with Crippen LogP contribution in [0.5, 0.6) is 0 Å². The summed E-state index contributed by atoms with van der Waals surface area (Å²) in [5.74, 6) is 0.490. The summed E-state index contributed by atoms with van der Waals surface area (Å²) in [4.78, 5) is 4.58. The van der Waals surface area contributed by atoms with Crippen molar-refractivity contribution in [3.05, 3.63) is 82.7 Å². The molecule has 3 heterocycles. The molecule has 4 rings (SSSR count). The first-order valence-electron chi connectivity index (χ1n) is 11.8. The molecule has 33 heavy (non-hydrogen) atoms. The number of fused-ring (bicyclic) bond motifs is 1. The second-order valence-corrected chi connectivity index (χ2v) is 10.3. The van der Waals surface area contributed by atoms with Crippen LogP contribution in [0.4, 0.5) is 11.4 Å². The summed E-state index contributed by atoms with van der Waals surface area (Å²) in [6.07, 6.45) is 5.02. The number of allylic oxidation sites excluding steroid dienone is 1. The predicted octanol–water partition coefficient (Wildman–Crippen LogP) is 5.67. The summed E-state index contributed by atoms with van der Waals surface area (Å²) < 4.78 is 0. The standard InChI is InChI=1S/C27H36N4OS/c1-18(2)13-23(28)20(4)29-24-14-22-8-5-9-25(30-11-6-7-19(30)3)27(22)31(26(24)16-32)15-21-10-12-33-17-21/h5,8-10,12,16-18,23-24,29,32H,3-4,6-7,11,13-15,28H2,1-2H3/t23-,24?/m1/s1. The van der Waals surface area contributed by atoms with Crippen molar-refractivity contribution in [2.24, 2.45) is 11.7 Å². The molecule has 6 heteroatoms. The Bertz CT molecular complexity index is 1030. The molecule has 1 fully saturated rings. The van der Waals surface area contributed by atoms with Crippen LogP contribution < -0.4 is 20.9 Å². The Kier molecular flexibility index (Phi) is 7.15. The van der Waals surface area contributed by atoms with Crippen molar-refractivity contribution in [3.8, 4) is 0 Å². The molecule has 0 spiro atoms. The number of anilines is 2. The first kappa shape index (κ1) is 23.5. The van der Waals surface area contributed by atoms with Gasteiger partial charge in [-0.3, -0.25) is 0 Å². The van der Waals surface area contributed by atoms with E-state index >= 15 is 0 Å². The van der Waals surface area contributed by atoms with Crippen molar-refractivity contribution >= 4 is 22.7 Å². The van der Waals surface area contributed by atoms with Crippen LogP contribution in [-0.2, 0) is 13.0 Å². The minimum Gasteiger partial charge on any atom is -0.514 e. The van der Waals surface area contributed by atoms with E-state index in [4.69, 9.17) is 5.73 Å². The third-order valence-electron chi connectivity index (χ3n) is 6.57. The van der Waals surface area contributed by atoms with Crippen molar-refractivity contribution in [1.29, 1.82) is 0 Å². The molecular formula is C27H36N4OS. The zero-order chi connectivity index (χ0) is 23.5. The summed E-state index contributed by atoms with van der Waals surface area (Å²) in [5, 5.41) is 18.3. The number of nitrogens with one attached hydrogen (secondary N) is 1. The molecule has 176 valence electrons. The molecular weight excluding hydrogens is 428 g/mol. The number of thiophene rings is 1. The van der Waals surface area contributed by atoms with E-state index < -0.39 is 0 Å². The Balaban J connectivity index is 1.72. The molecule has 2 aliphatic heterocycles. The minimum absolute atomic E-state index is 0.108. The second kappa shape index (κ2) is 10.1. The molecule has 2 aliphatic rings. The summed E-state index contributed by atoms with van der Waals surface area (Å²) in [6.45, 7) is 14.5. The quantitative estimate of drug-likeness (QED) is 0.439. The molecule has 0 aliphatic carbocycles. The van der Waals surface area contributed by atoms with Gasteiger partial charge in [-0.15, -0.1) is 0 Å². The molecule has 0 radical (unpaired) electrons. The molecule has 2 atom stereocenters. The number of rotatable bonds is 8. The first-order chi connectivity index (χ1) is 15.9. The summed E-state index contributed by atoms with van der Waals surface area (Å²) in [6, 6.07) is 8.41. The molecule has 1 unspecified atom stereocenters. The van der Waals surface area contributed by atoms with E-state index in [-0.39, 0.29) is 12.1 Å². The zero-order valence-electron chi connectivity index (χ0n) is 19.8. The van der Waals surface area contributed by atoms with Crippen LogP contribution in [0.2, 0.25) is 0 Å². The van der Waals surface area contributed by atoms with Gasteiger partial charge in [0.1, 0.15) is 6.26 Å². The lowest BCUT2D eigenvalue weighted by molar-refractivity contribution is 0.440. The van der Waals surface area contributed by atoms with Crippen LogP contribution in [0.1, 0.15) is 44.2 Å². The average Bonchev–Trinajstić information content (AvgIpc) is 3.44. The third-order valence-corrected chi connectivity index (χ3v) is 7.30. The molecule has 0 bridgehead atoms. The lowest BCUT2D eigenvalue weighted by Crippen LogP contribution is -2.46. The number of nitrogens with zero attached hydrogens (tertiary/aromatic N) is 2. The molecule has 4 N–H and O–H groups in total. The number of aliphatic hydroxyl groups excluding tert-OH is 1. The van der Waals surface area contributed by atoms with Gasteiger partial charge in [0, 0.05) is 36.9 Å². The highest BCUT2D eigenvalue weighted by molar-refractivity contribution is 7.07. The second-order valence-electron chi connectivity index (χ2n) is 9.54. The highest BCUT2D eigenvalue weighted by Gasteiger charge is 2.34. The van der Waals surface area contributed by atoms with Gasteiger partial charge in [-0.25, -0.2) is 0 Å². The first-order valence-corrected chi connectivity index (χ1v) is 12.7. The van der Waals surface area contributed by atoms with Crippen molar-refractivity contribution < 1.29 is 5.11 Å². The fraction of sp³-hybridized carbons (Fsp3) is 0.407. The molecule has 1 aromatic heterocycles. The van der Waals surface area contributed by atoms with E-state index in [9.17, 15) is 5.11 Å². The van der Waals surface area contributed by atoms with Gasteiger partial charge in [0.15, 0.2) is 0 Å². The van der Waals surface area contributed by atoms with E-state index in [1.54, 1.807) is 11.3 Å². The fourth-order valence-corrected chi connectivity index (χ4v) is 5.60. The number of aliphatic hydroxyl groups is 1. The Morgan fingerprint density at radius 2 is 2.18 bits per heavy atom. The van der Waals surface area contributed by atoms with Gasteiger partial charge in [-0.1, -0.05) is 39.1 Å². The Hall–Kier alpha value is -2.70. The maximum Gasteiger partial charge on any atom is 0.101 e. The van der Waals surface area contributed by atoms with E-state index in [0.29, 0.717) is 12.5 Å². The van der Waals surface area contributed by atoms with E-state index in [2.05, 4.69) is 77.1 Å². The van der Waals surface area contributed by atoms with E-state index in [0.717, 1.165) is 55.0 Å². The number of nitrogens with two attached hydrogens (primary N) is 1. The smallest absolute Gasteiger partial charge is 0.101 e. The molecule has 2 aromatic rings. The predicted molar refractivity (Wildman–Crippen MR) is 141 cm³/mol. The van der Waals surface area contributed by atoms with Crippen LogP contribution in [0, 0.1) is 5.92 Å². The van der Waals surface area contributed by atoms with Gasteiger partial charge in [0.2, 0.25) is 0 Å². The summed E-state index contributed by atoms with van der Waals surface area (Å²) in [7, 11) is 0. The number of hydrogen-bond donors (Lipinski definition) is 3. The number of benzene rings is 1. The van der Waals surface area contributed by atoms with Crippen molar-refractivity contribution in [3.63, 3.8) is 0 Å².